The van der Waals surface area contributed by atoms with Gasteiger partial charge in [-0.3, -0.25) is 4.99 Å². The maximum Gasteiger partial charge on any atom is 0.0496 e. The first-order valence-electron chi connectivity index (χ1n) is 5.79. The zero-order chi connectivity index (χ0) is 10.4. The molecular weight excluding hydrogens is 170 g/mol. The van der Waals surface area contributed by atoms with Crippen LogP contribution in [0.25, 0.3) is 0 Å². The summed E-state index contributed by atoms with van der Waals surface area (Å²) in [5.74, 6) is 0. The Hall–Kier alpha value is -0.590. The fraction of sp³-hybridized carbons (Fsp3) is 0.769. The normalized spacial score (nSPS) is 20.1. The predicted molar refractivity (Wildman–Crippen MR) is 64.0 cm³/mol. The lowest BCUT2D eigenvalue weighted by molar-refractivity contribution is 0.438. The van der Waals surface area contributed by atoms with Gasteiger partial charge in [0.25, 0.3) is 0 Å². The summed E-state index contributed by atoms with van der Waals surface area (Å²) in [6.07, 6.45) is 11.9. The quantitative estimate of drug-likeness (QED) is 0.473. The highest BCUT2D eigenvalue weighted by Gasteiger charge is 2.15. The summed E-state index contributed by atoms with van der Waals surface area (Å²) in [6, 6.07) is 0.604. The third-order valence-corrected chi connectivity index (χ3v) is 2.88. The molecule has 0 amide bonds. The van der Waals surface area contributed by atoms with Crippen LogP contribution in [0.4, 0.5) is 0 Å². The Bertz CT molecular complexity index is 197. The first-order valence-corrected chi connectivity index (χ1v) is 5.79. The number of allylic oxidation sites excluding steroid dienone is 1. The van der Waals surface area contributed by atoms with E-state index in [0.717, 1.165) is 6.42 Å². The van der Waals surface area contributed by atoms with E-state index < -0.39 is 0 Å². The molecule has 0 N–H and O–H groups in total. The molecule has 80 valence electrons. The molecule has 0 aromatic heterocycles. The van der Waals surface area contributed by atoms with Crippen molar-refractivity contribution in [3.8, 4) is 0 Å². The monoisotopic (exact) mass is 193 g/mol. The van der Waals surface area contributed by atoms with Crippen LogP contribution in [-0.2, 0) is 0 Å². The third-order valence-electron chi connectivity index (χ3n) is 2.88. The van der Waals surface area contributed by atoms with Crippen molar-refractivity contribution < 1.29 is 0 Å². The first kappa shape index (κ1) is 11.5. The van der Waals surface area contributed by atoms with Crippen LogP contribution in [0, 0.1) is 5.41 Å². The van der Waals surface area contributed by atoms with Crippen molar-refractivity contribution in [1.29, 1.82) is 0 Å². The molecule has 0 heterocycles. The lowest BCUT2D eigenvalue weighted by Crippen LogP contribution is -2.16. The van der Waals surface area contributed by atoms with E-state index in [1.54, 1.807) is 0 Å². The highest BCUT2D eigenvalue weighted by molar-refractivity contribution is 5.65. The minimum absolute atomic E-state index is 0.194. The van der Waals surface area contributed by atoms with E-state index in [-0.39, 0.29) is 5.41 Å². The lowest BCUT2D eigenvalue weighted by atomic mass is 9.90. The highest BCUT2D eigenvalue weighted by atomic mass is 14.8. The van der Waals surface area contributed by atoms with Crippen molar-refractivity contribution in [3.05, 3.63) is 12.7 Å². The lowest BCUT2D eigenvalue weighted by Gasteiger charge is -2.21. The zero-order valence-corrected chi connectivity index (χ0v) is 9.63. The molecule has 1 fully saturated rings. The Labute approximate surface area is 88.3 Å². The molecular formula is C13H23N. The summed E-state index contributed by atoms with van der Waals surface area (Å²) in [5.41, 5.74) is 0.194. The van der Waals surface area contributed by atoms with Crippen LogP contribution in [0.1, 0.15) is 52.4 Å². The van der Waals surface area contributed by atoms with E-state index in [9.17, 15) is 0 Å². The highest BCUT2D eigenvalue weighted by Crippen LogP contribution is 2.23. The molecule has 1 saturated carbocycles. The molecule has 0 aliphatic heterocycles. The van der Waals surface area contributed by atoms with Gasteiger partial charge < -0.3 is 0 Å². The molecule has 1 aliphatic rings. The second kappa shape index (κ2) is 5.33. The number of hydrogen-bond donors (Lipinski definition) is 0. The first-order chi connectivity index (χ1) is 6.64. The van der Waals surface area contributed by atoms with Crippen LogP contribution in [0.15, 0.2) is 17.6 Å². The minimum atomic E-state index is 0.194. The van der Waals surface area contributed by atoms with Crippen molar-refractivity contribution in [2.75, 3.05) is 0 Å². The van der Waals surface area contributed by atoms with Gasteiger partial charge in [0.1, 0.15) is 0 Å². The van der Waals surface area contributed by atoms with Crippen LogP contribution < -0.4 is 0 Å². The van der Waals surface area contributed by atoms with Crippen molar-refractivity contribution in [3.63, 3.8) is 0 Å². The number of aliphatic imine (C=N–C) groups is 1. The molecule has 0 aromatic carbocycles. The van der Waals surface area contributed by atoms with Crippen molar-refractivity contribution >= 4 is 6.21 Å². The van der Waals surface area contributed by atoms with Crippen LogP contribution in [0.5, 0.6) is 0 Å². The Balaban J connectivity index is 2.40. The van der Waals surface area contributed by atoms with E-state index in [0.29, 0.717) is 6.04 Å². The summed E-state index contributed by atoms with van der Waals surface area (Å²) in [5, 5.41) is 0. The fourth-order valence-electron chi connectivity index (χ4n) is 1.96. The van der Waals surface area contributed by atoms with Crippen molar-refractivity contribution in [1.82, 2.24) is 0 Å². The van der Waals surface area contributed by atoms with Crippen LogP contribution >= 0.6 is 0 Å². The second-order valence-corrected chi connectivity index (χ2v) is 5.05. The number of rotatable bonds is 4. The molecule has 0 unspecified atom stereocenters. The van der Waals surface area contributed by atoms with Crippen molar-refractivity contribution in [2.24, 2.45) is 10.4 Å². The third kappa shape index (κ3) is 4.08. The largest absolute Gasteiger partial charge is 0.294 e. The molecule has 0 spiro atoms. The van der Waals surface area contributed by atoms with Gasteiger partial charge in [0.15, 0.2) is 0 Å². The Morgan fingerprint density at radius 3 is 2.50 bits per heavy atom. The summed E-state index contributed by atoms with van der Waals surface area (Å²) >= 11 is 0. The van der Waals surface area contributed by atoms with Crippen LogP contribution in [0.2, 0.25) is 0 Å². The summed E-state index contributed by atoms with van der Waals surface area (Å²) < 4.78 is 0. The average molecular weight is 193 g/mol. The van der Waals surface area contributed by atoms with Gasteiger partial charge >= 0.3 is 0 Å². The summed E-state index contributed by atoms with van der Waals surface area (Å²) in [4.78, 5) is 4.70. The van der Waals surface area contributed by atoms with Gasteiger partial charge in [-0.05, 0) is 19.3 Å². The molecule has 0 radical (unpaired) electrons. The van der Waals surface area contributed by atoms with E-state index >= 15 is 0 Å². The van der Waals surface area contributed by atoms with E-state index in [1.807, 2.05) is 6.08 Å². The molecule has 0 bridgehead atoms. The summed E-state index contributed by atoms with van der Waals surface area (Å²) in [7, 11) is 0. The molecule has 1 rings (SSSR count). The van der Waals surface area contributed by atoms with Crippen LogP contribution in [-0.4, -0.2) is 12.3 Å². The smallest absolute Gasteiger partial charge is 0.0496 e. The molecule has 1 aliphatic carbocycles. The SMILES string of the molecule is C=CCC(C)(C)C=NC1CCCCC1. The van der Waals surface area contributed by atoms with E-state index in [2.05, 4.69) is 26.6 Å². The van der Waals surface area contributed by atoms with Gasteiger partial charge in [0, 0.05) is 17.7 Å². The van der Waals surface area contributed by atoms with Gasteiger partial charge in [0.2, 0.25) is 0 Å². The van der Waals surface area contributed by atoms with Gasteiger partial charge in [-0.15, -0.1) is 6.58 Å². The fourth-order valence-corrected chi connectivity index (χ4v) is 1.96. The number of hydrogen-bond acceptors (Lipinski definition) is 1. The molecule has 0 atom stereocenters. The van der Waals surface area contributed by atoms with Crippen molar-refractivity contribution in [2.45, 2.75) is 58.4 Å². The molecule has 1 heteroatoms. The molecule has 14 heavy (non-hydrogen) atoms. The average Bonchev–Trinajstić information content (AvgIpc) is 2.17. The predicted octanol–water partition coefficient (Wildman–Crippen LogP) is 3.99. The Morgan fingerprint density at radius 1 is 1.29 bits per heavy atom. The Morgan fingerprint density at radius 2 is 1.93 bits per heavy atom. The van der Waals surface area contributed by atoms with Gasteiger partial charge in [-0.25, -0.2) is 0 Å². The second-order valence-electron chi connectivity index (χ2n) is 5.05. The number of nitrogens with zero attached hydrogens (tertiary/aromatic N) is 1. The Kier molecular flexibility index (Phi) is 4.37. The van der Waals surface area contributed by atoms with Gasteiger partial charge in [0.05, 0.1) is 0 Å². The standard InChI is InChI=1S/C13H23N/c1-4-10-13(2,3)11-14-12-8-6-5-7-9-12/h4,11-12H,1,5-10H2,2-3H3. The van der Waals surface area contributed by atoms with E-state index in [1.165, 1.54) is 32.1 Å². The maximum absolute atomic E-state index is 4.70. The molecule has 0 aromatic rings. The van der Waals surface area contributed by atoms with Gasteiger partial charge in [-0.1, -0.05) is 39.2 Å². The summed E-state index contributed by atoms with van der Waals surface area (Å²) in [6.45, 7) is 8.23. The van der Waals surface area contributed by atoms with Gasteiger partial charge in [-0.2, -0.15) is 0 Å². The molecule has 0 saturated heterocycles. The minimum Gasteiger partial charge on any atom is -0.294 e. The molecule has 1 nitrogen and oxygen atoms in total. The topological polar surface area (TPSA) is 12.4 Å². The van der Waals surface area contributed by atoms with Crippen LogP contribution in [0.3, 0.4) is 0 Å². The van der Waals surface area contributed by atoms with E-state index in [4.69, 9.17) is 4.99 Å². The zero-order valence-electron chi connectivity index (χ0n) is 9.63. The maximum atomic E-state index is 4.70.